The highest BCUT2D eigenvalue weighted by molar-refractivity contribution is 7.79. The lowest BCUT2D eigenvalue weighted by atomic mass is 9.94. The predicted octanol–water partition coefficient (Wildman–Crippen LogP) is 16.2. The largest absolute Gasteiger partial charge is 0.759 e. The highest BCUT2D eigenvalue weighted by Gasteiger charge is 2.27. The molecule has 0 aliphatic carbocycles. The van der Waals surface area contributed by atoms with Gasteiger partial charge in [0.15, 0.2) is 12.1 Å². The third-order valence-electron chi connectivity index (χ3n) is 15.4. The Morgan fingerprint density at radius 2 is 0.753 bits per heavy atom. The molecule has 0 saturated heterocycles. The number of hydrogen-bond donors (Lipinski definition) is 0. The first-order valence-corrected chi connectivity index (χ1v) is 30.8. The summed E-state index contributed by atoms with van der Waals surface area (Å²) in [4.78, 5) is 0. The summed E-state index contributed by atoms with van der Waals surface area (Å²) >= 11 is 12.5. The molecule has 0 aliphatic rings. The van der Waals surface area contributed by atoms with E-state index < -0.39 is 10.4 Å². The molecule has 0 aliphatic heterocycles. The van der Waals surface area contributed by atoms with Crippen LogP contribution < -0.4 is 9.13 Å². The van der Waals surface area contributed by atoms with Gasteiger partial charge in [0.1, 0.15) is 50.1 Å². The number of aryl methyl sites for hydroxylation is 4. The minimum Gasteiger partial charge on any atom is -0.759 e. The monoisotopic (exact) mass is 1190 g/mol. The first-order chi connectivity index (χ1) is 40.8. The topological polar surface area (TPSA) is 116 Å². The first kappa shape index (κ1) is 63.6. The summed E-state index contributed by atoms with van der Waals surface area (Å²) in [6.45, 7) is 20.2. The fraction of sp³-hybridized carbons (Fsp3) is 0.250. The Hall–Kier alpha value is -7.45. The van der Waals surface area contributed by atoms with Gasteiger partial charge < -0.3 is 18.6 Å². The fourth-order valence-corrected chi connectivity index (χ4v) is 10.9. The number of ether oxygens (including phenoxy) is 2. The highest BCUT2D eigenvalue weighted by atomic mass is 35.5. The smallest absolute Gasteiger partial charge is 0.244 e. The van der Waals surface area contributed by atoms with Crippen LogP contribution in [0.3, 0.4) is 0 Å². The van der Waals surface area contributed by atoms with Crippen LogP contribution in [-0.2, 0) is 46.2 Å². The third-order valence-corrected chi connectivity index (χ3v) is 15.9. The lowest BCUT2D eigenvalue weighted by molar-refractivity contribution is -0.705. The van der Waals surface area contributed by atoms with Crippen LogP contribution in [0.2, 0.25) is 10.0 Å². The van der Waals surface area contributed by atoms with E-state index >= 15 is 0 Å². The van der Waals surface area contributed by atoms with Crippen LogP contribution in [0.1, 0.15) is 142 Å². The van der Waals surface area contributed by atoms with Crippen molar-refractivity contribution in [3.05, 3.63) is 319 Å². The number of hydrogen-bond acceptors (Lipinski definition) is 6. The molecule has 4 unspecified atom stereocenters. The fourth-order valence-electron chi connectivity index (χ4n) is 10.7. The van der Waals surface area contributed by atoms with Crippen LogP contribution in [0.5, 0.6) is 0 Å². The third kappa shape index (κ3) is 18.3. The van der Waals surface area contributed by atoms with Crippen LogP contribution in [0, 0.1) is 27.7 Å². The lowest BCUT2D eigenvalue weighted by Gasteiger charge is -2.22. The van der Waals surface area contributed by atoms with Crippen molar-refractivity contribution >= 4 is 33.6 Å². The van der Waals surface area contributed by atoms with Crippen molar-refractivity contribution in [3.63, 3.8) is 0 Å². The van der Waals surface area contributed by atoms with E-state index in [4.69, 9.17) is 50.2 Å². The zero-order valence-electron chi connectivity index (χ0n) is 49.6. The molecule has 0 saturated carbocycles. The molecular formula is C72H76Cl2N4O6S. The van der Waals surface area contributed by atoms with Crippen molar-refractivity contribution in [2.45, 2.75) is 118 Å². The van der Waals surface area contributed by atoms with Crippen molar-refractivity contribution in [1.29, 1.82) is 0 Å². The van der Waals surface area contributed by atoms with E-state index in [-0.39, 0.29) is 24.3 Å². The van der Waals surface area contributed by atoms with Gasteiger partial charge in [-0.2, -0.15) is 0 Å². The Kier molecular flexibility index (Phi) is 22.5. The van der Waals surface area contributed by atoms with Gasteiger partial charge in [-0.25, -0.2) is 18.3 Å². The van der Waals surface area contributed by atoms with Gasteiger partial charge in [-0.1, -0.05) is 221 Å². The average molecular weight is 1200 g/mol. The molecule has 13 heteroatoms. The van der Waals surface area contributed by atoms with Crippen LogP contribution >= 0.6 is 23.2 Å². The van der Waals surface area contributed by atoms with Crippen molar-refractivity contribution in [1.82, 2.24) is 9.13 Å². The van der Waals surface area contributed by atoms with E-state index in [1.807, 2.05) is 24.3 Å². The molecule has 10 nitrogen and oxygen atoms in total. The van der Waals surface area contributed by atoms with E-state index in [9.17, 15) is 0 Å². The van der Waals surface area contributed by atoms with E-state index in [1.54, 1.807) is 0 Å². The van der Waals surface area contributed by atoms with Crippen LogP contribution in [0.25, 0.3) is 0 Å². The second-order valence-corrected chi connectivity index (χ2v) is 23.9. The number of halogens is 2. The summed E-state index contributed by atoms with van der Waals surface area (Å²) in [5.74, 6) is 0.816. The number of nitrogens with zero attached hydrogens (tertiary/aromatic N) is 4. The molecule has 10 rings (SSSR count). The zero-order valence-corrected chi connectivity index (χ0v) is 52.0. The summed E-state index contributed by atoms with van der Waals surface area (Å²) in [5, 5.41) is 1.48. The normalized spacial score (nSPS) is 12.9. The summed E-state index contributed by atoms with van der Waals surface area (Å²) in [7, 11) is -5.17. The predicted molar refractivity (Wildman–Crippen MR) is 338 cm³/mol. The molecule has 0 fully saturated rings. The summed E-state index contributed by atoms with van der Waals surface area (Å²) in [5.41, 5.74) is 17.6. The Morgan fingerprint density at radius 1 is 0.435 bits per heavy atom. The van der Waals surface area contributed by atoms with Crippen molar-refractivity contribution in [2.75, 3.05) is 0 Å². The van der Waals surface area contributed by atoms with Crippen LogP contribution in [0.15, 0.2) is 232 Å². The van der Waals surface area contributed by atoms with E-state index in [2.05, 4.69) is 281 Å². The summed E-state index contributed by atoms with van der Waals surface area (Å²) < 4.78 is 56.5. The van der Waals surface area contributed by atoms with Gasteiger partial charge in [0, 0.05) is 42.7 Å². The maximum atomic E-state index is 8.52. The molecule has 0 bridgehead atoms. The number of benzene rings is 8. The van der Waals surface area contributed by atoms with Crippen molar-refractivity contribution in [2.24, 2.45) is 0 Å². The molecule has 8 aromatic carbocycles. The minimum atomic E-state index is -5.17. The Bertz CT molecular complexity index is 3590. The quantitative estimate of drug-likeness (QED) is 0.0426. The van der Waals surface area contributed by atoms with Gasteiger partial charge in [0.2, 0.25) is 12.7 Å². The second-order valence-electron chi connectivity index (χ2n) is 22.3. The van der Waals surface area contributed by atoms with E-state index in [1.165, 1.54) is 77.9 Å². The molecule has 85 heavy (non-hydrogen) atoms. The Morgan fingerprint density at radius 3 is 1.08 bits per heavy atom. The molecule has 0 radical (unpaired) electrons. The van der Waals surface area contributed by atoms with Crippen molar-refractivity contribution < 1.29 is 36.1 Å². The van der Waals surface area contributed by atoms with Crippen molar-refractivity contribution in [3.8, 4) is 0 Å². The number of imidazole rings is 2. The average Bonchev–Trinajstić information content (AvgIpc) is 3.97. The van der Waals surface area contributed by atoms with Gasteiger partial charge in [-0.05, 0) is 119 Å². The van der Waals surface area contributed by atoms with E-state index in [0.29, 0.717) is 38.1 Å². The molecule has 0 N–H and O–H groups in total. The second kappa shape index (κ2) is 30.1. The molecule has 0 spiro atoms. The summed E-state index contributed by atoms with van der Waals surface area (Å²) in [6, 6.07) is 68.1. The SMILES string of the molecule is Cc1ccc(COC(C[n+]2ccn(C(c3ccccc3)c3ccc(Cl)cc3)c2)c2ccccc2C(C)C)cc1C.Cc1ccc(COC(C[n+]2ccn(C(c3ccccc3)c3ccc(Cl)cc3)c2)c2ccccc2C(C)C)cc1C.O=S(=O)([O-])[O-]. The Balaban J connectivity index is 0.000000205. The minimum absolute atomic E-state index is 0.0394. The Labute approximate surface area is 513 Å². The highest BCUT2D eigenvalue weighted by Crippen LogP contribution is 2.33. The number of rotatable bonds is 20. The summed E-state index contributed by atoms with van der Waals surface area (Å²) in [6.07, 6.45) is 12.8. The molecule has 10 aromatic rings. The molecule has 0 amide bonds. The van der Waals surface area contributed by atoms with Gasteiger partial charge in [0.25, 0.3) is 0 Å². The van der Waals surface area contributed by atoms with Gasteiger partial charge in [0.05, 0.1) is 13.2 Å². The molecule has 2 heterocycles. The zero-order chi connectivity index (χ0) is 60.6. The standard InChI is InChI=1S/2C36H38ClN2O.H2O4S/c2*1-26(2)33-12-8-9-13-34(33)35(40-24-29-15-14-27(3)28(4)22-29)23-38-20-21-39(25-38)36(30-10-6-5-7-11-30)31-16-18-32(37)19-17-31;1-5(2,3)4/h2*5-22,25-26,35-36H,23-24H2,1-4H3;(H2,1,2,3,4)/q2*+1;/p-2. The van der Waals surface area contributed by atoms with E-state index in [0.717, 1.165) is 10.0 Å². The molecular weight excluding hydrogens is 1120 g/mol. The van der Waals surface area contributed by atoms with Crippen LogP contribution in [0.4, 0.5) is 0 Å². The molecule has 440 valence electrons. The maximum Gasteiger partial charge on any atom is 0.244 e. The lowest BCUT2D eigenvalue weighted by Crippen LogP contribution is -2.36. The van der Waals surface area contributed by atoms with Crippen LogP contribution in [-0.4, -0.2) is 26.7 Å². The van der Waals surface area contributed by atoms with Gasteiger partial charge >= 0.3 is 0 Å². The van der Waals surface area contributed by atoms with Gasteiger partial charge in [-0.3, -0.25) is 8.42 Å². The maximum absolute atomic E-state index is 8.52. The number of aromatic nitrogens is 4. The molecule has 2 aromatic heterocycles. The van der Waals surface area contributed by atoms with Gasteiger partial charge in [-0.15, -0.1) is 0 Å². The molecule has 4 atom stereocenters. The first-order valence-electron chi connectivity index (χ1n) is 28.7.